The Bertz CT molecular complexity index is 706. The molecule has 1 unspecified atom stereocenters. The van der Waals surface area contributed by atoms with Gasteiger partial charge < -0.3 is 10.1 Å². The summed E-state index contributed by atoms with van der Waals surface area (Å²) < 4.78 is 7.89. The summed E-state index contributed by atoms with van der Waals surface area (Å²) in [6.45, 7) is 2.47. The molecule has 126 valence electrons. The van der Waals surface area contributed by atoms with Gasteiger partial charge in [-0.05, 0) is 42.0 Å². The lowest BCUT2D eigenvalue weighted by atomic mass is 10.1. The maximum absolute atomic E-state index is 12.3. The van der Waals surface area contributed by atoms with E-state index in [4.69, 9.17) is 4.74 Å². The number of hydrogen-bond acceptors (Lipinski definition) is 3. The molecule has 1 saturated heterocycles. The van der Waals surface area contributed by atoms with E-state index in [0.717, 1.165) is 26.7 Å². The summed E-state index contributed by atoms with van der Waals surface area (Å²) in [4.78, 5) is 14.4. The molecule has 0 aromatic heterocycles. The van der Waals surface area contributed by atoms with Crippen molar-refractivity contribution in [3.8, 4) is 0 Å². The fourth-order valence-corrected chi connectivity index (χ4v) is 3.37. The van der Waals surface area contributed by atoms with Crippen molar-refractivity contribution < 1.29 is 9.53 Å². The van der Waals surface area contributed by atoms with E-state index in [0.29, 0.717) is 19.7 Å². The highest BCUT2D eigenvalue weighted by atomic mass is 79.9. The first-order valence-electron chi connectivity index (χ1n) is 7.75. The number of carbonyl (C=O) groups is 1. The number of halogens is 2. The fraction of sp³-hybridized carbons (Fsp3) is 0.278. The van der Waals surface area contributed by atoms with Crippen LogP contribution >= 0.6 is 31.9 Å². The van der Waals surface area contributed by atoms with Gasteiger partial charge in [-0.2, -0.15) is 0 Å². The molecule has 2 aromatic carbocycles. The molecule has 3 rings (SSSR count). The minimum Gasteiger partial charge on any atom is -0.371 e. The summed E-state index contributed by atoms with van der Waals surface area (Å²) in [6, 6.07) is 15.7. The number of morpholine rings is 1. The maximum Gasteiger partial charge on any atom is 0.238 e. The van der Waals surface area contributed by atoms with Gasteiger partial charge in [0, 0.05) is 27.7 Å². The molecule has 24 heavy (non-hydrogen) atoms. The molecule has 2 aromatic rings. The summed E-state index contributed by atoms with van der Waals surface area (Å²) in [6.07, 6.45) is -0.00303. The predicted octanol–water partition coefficient (Wildman–Crippen LogP) is 4.22. The Hall–Kier alpha value is -1.21. The second kappa shape index (κ2) is 8.25. The highest BCUT2D eigenvalue weighted by molar-refractivity contribution is 9.10. The van der Waals surface area contributed by atoms with Gasteiger partial charge in [-0.3, -0.25) is 9.69 Å². The molecule has 1 aliphatic heterocycles. The lowest BCUT2D eigenvalue weighted by Crippen LogP contribution is -2.42. The number of nitrogens with one attached hydrogen (secondary N) is 1. The van der Waals surface area contributed by atoms with Crippen molar-refractivity contribution in [3.05, 3.63) is 63.0 Å². The van der Waals surface area contributed by atoms with Crippen molar-refractivity contribution in [3.63, 3.8) is 0 Å². The predicted molar refractivity (Wildman–Crippen MR) is 102 cm³/mol. The first-order chi connectivity index (χ1) is 11.6. The second-order valence-corrected chi connectivity index (χ2v) is 7.54. The van der Waals surface area contributed by atoms with Crippen LogP contribution in [0.4, 0.5) is 5.69 Å². The Morgan fingerprint density at radius 1 is 1.17 bits per heavy atom. The number of carbonyl (C=O) groups excluding carboxylic acids is 1. The van der Waals surface area contributed by atoms with E-state index in [1.807, 2.05) is 36.4 Å². The van der Waals surface area contributed by atoms with Crippen LogP contribution in [0.2, 0.25) is 0 Å². The lowest BCUT2D eigenvalue weighted by molar-refractivity contribution is -0.119. The highest BCUT2D eigenvalue weighted by Crippen LogP contribution is 2.24. The number of amides is 1. The van der Waals surface area contributed by atoms with Crippen molar-refractivity contribution in [2.45, 2.75) is 6.10 Å². The Morgan fingerprint density at radius 2 is 1.96 bits per heavy atom. The Kier molecular flexibility index (Phi) is 6.05. The number of rotatable bonds is 4. The highest BCUT2D eigenvalue weighted by Gasteiger charge is 2.23. The average molecular weight is 454 g/mol. The van der Waals surface area contributed by atoms with Crippen LogP contribution in [0.5, 0.6) is 0 Å². The molecular formula is C18H18Br2N2O2. The molecule has 6 heteroatoms. The lowest BCUT2D eigenvalue weighted by Gasteiger charge is -2.32. The number of hydrogen-bond donors (Lipinski definition) is 1. The van der Waals surface area contributed by atoms with E-state index in [1.165, 1.54) is 0 Å². The van der Waals surface area contributed by atoms with Crippen molar-refractivity contribution in [1.29, 1.82) is 0 Å². The number of benzene rings is 2. The molecule has 0 aliphatic carbocycles. The molecule has 1 amide bonds. The summed E-state index contributed by atoms with van der Waals surface area (Å²) in [5.74, 6) is -0.00721. The van der Waals surface area contributed by atoms with Gasteiger partial charge in [0.25, 0.3) is 0 Å². The smallest absolute Gasteiger partial charge is 0.238 e. The second-order valence-electron chi connectivity index (χ2n) is 5.70. The first kappa shape index (κ1) is 17.6. The SMILES string of the molecule is O=C(CN1CCOC(c2cccc(Br)c2)C1)Nc1ccc(Br)cc1. The van der Waals surface area contributed by atoms with Gasteiger partial charge in [-0.1, -0.05) is 44.0 Å². The van der Waals surface area contributed by atoms with Gasteiger partial charge in [0.1, 0.15) is 0 Å². The Labute approximate surface area is 158 Å². The summed E-state index contributed by atoms with van der Waals surface area (Å²) >= 11 is 6.88. The maximum atomic E-state index is 12.3. The van der Waals surface area contributed by atoms with Crippen LogP contribution in [0, 0.1) is 0 Å². The van der Waals surface area contributed by atoms with Crippen LogP contribution in [0.1, 0.15) is 11.7 Å². The largest absolute Gasteiger partial charge is 0.371 e. The topological polar surface area (TPSA) is 41.6 Å². The van der Waals surface area contributed by atoms with Gasteiger partial charge >= 0.3 is 0 Å². The molecule has 0 spiro atoms. The van der Waals surface area contributed by atoms with Gasteiger partial charge in [-0.15, -0.1) is 0 Å². The van der Waals surface area contributed by atoms with Crippen LogP contribution < -0.4 is 5.32 Å². The van der Waals surface area contributed by atoms with E-state index in [-0.39, 0.29) is 12.0 Å². The molecule has 1 heterocycles. The number of ether oxygens (including phenoxy) is 1. The molecule has 1 atom stereocenters. The monoisotopic (exact) mass is 452 g/mol. The first-order valence-corrected chi connectivity index (χ1v) is 9.33. The Balaban J connectivity index is 1.56. The van der Waals surface area contributed by atoms with Crippen molar-refractivity contribution >= 4 is 43.5 Å². The average Bonchev–Trinajstić information content (AvgIpc) is 2.57. The van der Waals surface area contributed by atoms with Crippen molar-refractivity contribution in [2.24, 2.45) is 0 Å². The number of nitrogens with zero attached hydrogens (tertiary/aromatic N) is 1. The van der Waals surface area contributed by atoms with E-state index in [2.05, 4.69) is 54.2 Å². The van der Waals surface area contributed by atoms with Crippen LogP contribution in [0.15, 0.2) is 57.5 Å². The number of anilines is 1. The van der Waals surface area contributed by atoms with Crippen molar-refractivity contribution in [2.75, 3.05) is 31.6 Å². The van der Waals surface area contributed by atoms with E-state index >= 15 is 0 Å². The minimum absolute atomic E-state index is 0.00303. The normalized spacial score (nSPS) is 18.3. The zero-order chi connectivity index (χ0) is 16.9. The molecular weight excluding hydrogens is 436 g/mol. The molecule has 4 nitrogen and oxygen atoms in total. The molecule has 0 radical (unpaired) electrons. The summed E-state index contributed by atoms with van der Waals surface area (Å²) in [5, 5.41) is 2.93. The quantitative estimate of drug-likeness (QED) is 0.753. The third kappa shape index (κ3) is 4.89. The molecule has 1 fully saturated rings. The molecule has 1 aliphatic rings. The molecule has 0 bridgehead atoms. The van der Waals surface area contributed by atoms with Crippen LogP contribution in [-0.2, 0) is 9.53 Å². The fourth-order valence-electron chi connectivity index (χ4n) is 2.69. The van der Waals surface area contributed by atoms with Crippen LogP contribution in [0.3, 0.4) is 0 Å². The van der Waals surface area contributed by atoms with Gasteiger partial charge in [0.15, 0.2) is 0 Å². The molecule has 0 saturated carbocycles. The van der Waals surface area contributed by atoms with Crippen LogP contribution in [-0.4, -0.2) is 37.0 Å². The van der Waals surface area contributed by atoms with E-state index in [1.54, 1.807) is 0 Å². The standard InChI is InChI=1S/C18H18Br2N2O2/c19-14-4-6-16(7-5-14)21-18(23)12-22-8-9-24-17(11-22)13-2-1-3-15(20)10-13/h1-7,10,17H,8-9,11-12H2,(H,21,23). The van der Waals surface area contributed by atoms with E-state index < -0.39 is 0 Å². The van der Waals surface area contributed by atoms with E-state index in [9.17, 15) is 4.79 Å². The third-order valence-electron chi connectivity index (χ3n) is 3.87. The van der Waals surface area contributed by atoms with Crippen LogP contribution in [0.25, 0.3) is 0 Å². The third-order valence-corrected chi connectivity index (χ3v) is 4.89. The molecule has 1 N–H and O–H groups in total. The van der Waals surface area contributed by atoms with Gasteiger partial charge in [-0.25, -0.2) is 0 Å². The van der Waals surface area contributed by atoms with Gasteiger partial charge in [0.05, 0.1) is 19.3 Å². The van der Waals surface area contributed by atoms with Crippen molar-refractivity contribution in [1.82, 2.24) is 4.90 Å². The minimum atomic E-state index is -0.00721. The zero-order valence-electron chi connectivity index (χ0n) is 13.0. The summed E-state index contributed by atoms with van der Waals surface area (Å²) in [7, 11) is 0. The zero-order valence-corrected chi connectivity index (χ0v) is 16.2. The van der Waals surface area contributed by atoms with Gasteiger partial charge in [0.2, 0.25) is 5.91 Å². The summed E-state index contributed by atoms with van der Waals surface area (Å²) in [5.41, 5.74) is 1.93. The Morgan fingerprint density at radius 3 is 2.71 bits per heavy atom.